The van der Waals surface area contributed by atoms with Gasteiger partial charge in [-0.1, -0.05) is 0 Å². The van der Waals surface area contributed by atoms with Crippen molar-refractivity contribution in [3.8, 4) is 0 Å². The van der Waals surface area contributed by atoms with Crippen LogP contribution in [0.15, 0.2) is 0 Å². The molecule has 0 saturated carbocycles. The summed E-state index contributed by atoms with van der Waals surface area (Å²) in [6.07, 6.45) is 0. The molecule has 0 bridgehead atoms. The fraction of sp³-hybridized carbons (Fsp3) is 0. The van der Waals surface area contributed by atoms with Gasteiger partial charge in [-0.15, -0.1) is 0 Å². The first-order valence-corrected chi connectivity index (χ1v) is 1.84. The zero-order valence-electron chi connectivity index (χ0n) is 4.72. The molecular weight excluding hydrogens is 325 g/mol. The molecule has 0 amide bonds. The molecule has 0 unspecified atom stereocenters. The van der Waals surface area contributed by atoms with E-state index in [1.165, 1.54) is 0 Å². The van der Waals surface area contributed by atoms with Crippen molar-refractivity contribution < 1.29 is 57.7 Å². The summed E-state index contributed by atoms with van der Waals surface area (Å²) in [5.41, 5.74) is 0. The molecule has 10 heavy (non-hydrogen) atoms. The van der Waals surface area contributed by atoms with Gasteiger partial charge in [0, 0.05) is 30.9 Å². The Balaban J connectivity index is -0.00000000300. The molecule has 0 radical (unpaired) electrons. The maximum absolute atomic E-state index is 8.52. The Morgan fingerprint density at radius 3 is 0.900 bits per heavy atom. The minimum Gasteiger partial charge on any atom is -0.870 e. The quantitative estimate of drug-likeness (QED) is 0.406. The molecule has 0 heterocycles. The molecule has 0 rings (SSSR count). The predicted molar refractivity (Wildman–Crippen MR) is 19.9 cm³/mol. The van der Waals surface area contributed by atoms with E-state index in [0.717, 1.165) is 0 Å². The Bertz CT molecular complexity index is 36.6. The Kier molecular flexibility index (Phi) is 273. The van der Waals surface area contributed by atoms with Gasteiger partial charge in [-0.2, -0.15) is 0 Å². The minimum atomic E-state index is -3.63. The third kappa shape index (κ3) is 245. The summed E-state index contributed by atoms with van der Waals surface area (Å²) in [4.78, 5) is 17.0. The van der Waals surface area contributed by atoms with Crippen LogP contribution >= 0.6 is 0 Å². The van der Waals surface area contributed by atoms with Crippen molar-refractivity contribution >= 4 is 58.1 Å². The van der Waals surface area contributed by atoms with Crippen LogP contribution in [0.25, 0.3) is 0 Å². The number of hydrogen-bond acceptors (Lipinski definition) is 7. The van der Waals surface area contributed by atoms with E-state index in [-0.39, 0.29) is 92.5 Å². The summed E-state index contributed by atoms with van der Waals surface area (Å²) >= 11 is 0. The van der Waals surface area contributed by atoms with Crippen molar-refractivity contribution in [2.24, 2.45) is 0 Å². The van der Waals surface area contributed by atoms with Crippen molar-refractivity contribution in [3.63, 3.8) is 0 Å². The van der Waals surface area contributed by atoms with E-state index in [2.05, 4.69) is 0 Å². The van der Waals surface area contributed by atoms with Crippen LogP contribution in [-0.2, 0) is 26.2 Å². The Morgan fingerprint density at radius 2 is 0.900 bits per heavy atom. The first kappa shape index (κ1) is 60.2. The van der Waals surface area contributed by atoms with Gasteiger partial charge in [-0.3, -0.25) is 0 Å². The van der Waals surface area contributed by atoms with Crippen LogP contribution in [0.1, 0.15) is 0 Å². The van der Waals surface area contributed by atoms with Crippen LogP contribution in [0, 0.1) is 0 Å². The molecule has 0 spiro atoms. The molecule has 0 atom stereocenters. The standard InChI is InChI=1S/Ba.O3Si.4H2O.Ti/c;1-4(2)3;;;;;/h;;4*1H2;/q+2;-2;;;;;/p-4. The molecule has 0 aliphatic carbocycles. The van der Waals surface area contributed by atoms with E-state index in [0.29, 0.717) is 0 Å². The average molecular weight is 329 g/mol. The van der Waals surface area contributed by atoms with Crippen LogP contribution in [0.4, 0.5) is 0 Å². The van der Waals surface area contributed by atoms with Crippen molar-refractivity contribution in [1.82, 2.24) is 0 Å². The van der Waals surface area contributed by atoms with E-state index in [9.17, 15) is 0 Å². The van der Waals surface area contributed by atoms with E-state index < -0.39 is 9.17 Å². The third-order valence-corrected chi connectivity index (χ3v) is 0. The Labute approximate surface area is 114 Å². The summed E-state index contributed by atoms with van der Waals surface area (Å²) < 4.78 is 8.52. The maximum Gasteiger partial charge on any atom is 2.00 e. The summed E-state index contributed by atoms with van der Waals surface area (Å²) in [6.45, 7) is 0. The molecule has 10 heteroatoms. The summed E-state index contributed by atoms with van der Waals surface area (Å²) in [5, 5.41) is 0. The second-order valence-electron chi connectivity index (χ2n) is 0.250. The summed E-state index contributed by atoms with van der Waals surface area (Å²) in [7, 11) is -3.63. The molecule has 0 fully saturated rings. The largest absolute Gasteiger partial charge is 2.00 e. The first-order valence-electron chi connectivity index (χ1n) is 0.612. The van der Waals surface area contributed by atoms with Crippen LogP contribution in [-0.4, -0.2) is 80.0 Å². The molecular formula is H4BaO7SiTi-4. The SMILES string of the molecule is O=[Si]([O-])[O-].[Ba+2].[OH-].[OH-].[OH-].[OH-].[Ti]. The van der Waals surface area contributed by atoms with Gasteiger partial charge in [-0.05, 0) is 0 Å². The minimum absolute atomic E-state index is 0. The van der Waals surface area contributed by atoms with E-state index >= 15 is 0 Å². The fourth-order valence-corrected chi connectivity index (χ4v) is 0. The van der Waals surface area contributed by atoms with Crippen LogP contribution in [0.5, 0.6) is 0 Å². The van der Waals surface area contributed by atoms with Crippen molar-refractivity contribution in [1.29, 1.82) is 0 Å². The average Bonchev–Trinajstić information content (AvgIpc) is 0.811. The van der Waals surface area contributed by atoms with Gasteiger partial charge >= 0.3 is 48.9 Å². The topological polar surface area (TPSA) is 183 Å². The Morgan fingerprint density at radius 1 is 0.900 bits per heavy atom. The first-order chi connectivity index (χ1) is 1.73. The predicted octanol–water partition coefficient (Wildman–Crippen LogP) is -3.97. The van der Waals surface area contributed by atoms with Gasteiger partial charge in [0.05, 0.1) is 0 Å². The van der Waals surface area contributed by atoms with Gasteiger partial charge in [0.1, 0.15) is 0 Å². The zero-order valence-corrected chi connectivity index (χ0v) is 11.7. The van der Waals surface area contributed by atoms with Gasteiger partial charge in [0.25, 0.3) is 0 Å². The summed E-state index contributed by atoms with van der Waals surface area (Å²) in [5.74, 6) is 0. The molecule has 0 aromatic heterocycles. The van der Waals surface area contributed by atoms with E-state index in [4.69, 9.17) is 14.1 Å². The molecule has 0 aromatic rings. The van der Waals surface area contributed by atoms with Crippen LogP contribution in [0.3, 0.4) is 0 Å². The zero-order chi connectivity index (χ0) is 3.58. The molecule has 7 nitrogen and oxygen atoms in total. The molecule has 0 aliphatic heterocycles. The number of hydrogen-bond donors (Lipinski definition) is 0. The Hall–Kier alpha value is 1.74. The van der Waals surface area contributed by atoms with Crippen molar-refractivity contribution in [3.05, 3.63) is 0 Å². The summed E-state index contributed by atoms with van der Waals surface area (Å²) in [6, 6.07) is 0. The molecule has 0 aliphatic rings. The molecule has 60 valence electrons. The second kappa shape index (κ2) is 45.3. The number of rotatable bonds is 0. The van der Waals surface area contributed by atoms with E-state index in [1.807, 2.05) is 0 Å². The maximum atomic E-state index is 8.52. The van der Waals surface area contributed by atoms with Crippen LogP contribution < -0.4 is 9.59 Å². The third-order valence-electron chi connectivity index (χ3n) is 0. The molecule has 0 aromatic carbocycles. The monoisotopic (exact) mass is 330 g/mol. The van der Waals surface area contributed by atoms with Gasteiger partial charge in [-0.25, -0.2) is 0 Å². The van der Waals surface area contributed by atoms with E-state index in [1.54, 1.807) is 0 Å². The van der Waals surface area contributed by atoms with Gasteiger partial charge in [0.15, 0.2) is 0 Å². The van der Waals surface area contributed by atoms with Crippen molar-refractivity contribution in [2.45, 2.75) is 0 Å². The van der Waals surface area contributed by atoms with Crippen LogP contribution in [0.2, 0.25) is 0 Å². The smallest absolute Gasteiger partial charge is 0.870 e. The second-order valence-corrected chi connectivity index (χ2v) is 0.750. The van der Waals surface area contributed by atoms with Gasteiger partial charge < -0.3 is 36.0 Å². The fourth-order valence-electron chi connectivity index (χ4n) is 0. The van der Waals surface area contributed by atoms with Gasteiger partial charge in [0.2, 0.25) is 0 Å². The van der Waals surface area contributed by atoms with Crippen molar-refractivity contribution in [2.75, 3.05) is 0 Å². The molecule has 0 saturated heterocycles. The normalized spacial score (nSPS) is 2.40. The molecule has 4 N–H and O–H groups in total.